The van der Waals surface area contributed by atoms with Crippen LogP contribution in [0.25, 0.3) is 0 Å². The summed E-state index contributed by atoms with van der Waals surface area (Å²) in [5.41, 5.74) is 0. The minimum Gasteiger partial charge on any atom is -0.331 e. The molecule has 3 rings (SSSR count). The molecule has 28 heavy (non-hydrogen) atoms. The van der Waals surface area contributed by atoms with Gasteiger partial charge in [-0.15, -0.1) is 0 Å². The number of halogens is 1. The van der Waals surface area contributed by atoms with Crippen molar-refractivity contribution in [1.29, 1.82) is 0 Å². The molecule has 2 aliphatic rings. The Morgan fingerprint density at radius 3 is 2.29 bits per heavy atom. The third kappa shape index (κ3) is 5.08. The van der Waals surface area contributed by atoms with E-state index < -0.39 is 0 Å². The minimum absolute atomic E-state index is 0.0402. The maximum absolute atomic E-state index is 13.2. The molecule has 0 aromatic carbocycles. The fourth-order valence-electron chi connectivity index (χ4n) is 4.24. The molecular formula is C19H30ClN5O2S. The summed E-state index contributed by atoms with van der Waals surface area (Å²) in [6, 6.07) is 0.328. The second-order valence-corrected chi connectivity index (χ2v) is 9.78. The Labute approximate surface area is 176 Å². The zero-order valence-corrected chi connectivity index (χ0v) is 18.4. The van der Waals surface area contributed by atoms with Crippen LogP contribution in [0.4, 0.5) is 14.7 Å². The van der Waals surface area contributed by atoms with Crippen molar-refractivity contribution in [2.24, 2.45) is 5.92 Å². The number of likely N-dealkylation sites (tertiary alicyclic amines) is 1. The number of carbonyl (C=O) groups is 2. The third-order valence-corrected chi connectivity index (χ3v) is 6.85. The van der Waals surface area contributed by atoms with Gasteiger partial charge in [-0.1, -0.05) is 29.9 Å². The molecule has 0 atom stereocenters. The van der Waals surface area contributed by atoms with Crippen LogP contribution in [0.3, 0.4) is 0 Å². The average molecular weight is 428 g/mol. The van der Waals surface area contributed by atoms with Gasteiger partial charge in [-0.05, 0) is 44.4 Å². The van der Waals surface area contributed by atoms with Crippen molar-refractivity contribution >= 4 is 40.1 Å². The van der Waals surface area contributed by atoms with Crippen LogP contribution in [0.5, 0.6) is 0 Å². The van der Waals surface area contributed by atoms with Crippen molar-refractivity contribution in [3.05, 3.63) is 10.5 Å². The fourth-order valence-corrected chi connectivity index (χ4v) is 5.04. The molecule has 1 saturated carbocycles. The molecule has 2 fully saturated rings. The zero-order chi connectivity index (χ0) is 20.3. The molecular weight excluding hydrogens is 398 g/mol. The highest BCUT2D eigenvalue weighted by Gasteiger charge is 2.36. The second kappa shape index (κ2) is 9.31. The highest BCUT2D eigenvalue weighted by Crippen LogP contribution is 2.32. The fraction of sp³-hybridized carbons (Fsp3) is 0.737. The van der Waals surface area contributed by atoms with Gasteiger partial charge in [-0.25, -0.2) is 14.6 Å². The number of urea groups is 2. The Balaban J connectivity index is 1.69. The highest BCUT2D eigenvalue weighted by molar-refractivity contribution is 7.19. The molecule has 2 heterocycles. The van der Waals surface area contributed by atoms with Gasteiger partial charge in [-0.3, -0.25) is 5.32 Å². The third-order valence-electron chi connectivity index (χ3n) is 5.82. The summed E-state index contributed by atoms with van der Waals surface area (Å²) in [4.78, 5) is 35.1. The smallest absolute Gasteiger partial charge is 0.324 e. The molecule has 4 amide bonds. The number of thiazole rings is 1. The topological polar surface area (TPSA) is 68.8 Å². The van der Waals surface area contributed by atoms with Crippen molar-refractivity contribution in [3.8, 4) is 0 Å². The summed E-state index contributed by atoms with van der Waals surface area (Å²) < 4.78 is 0.559. The summed E-state index contributed by atoms with van der Waals surface area (Å²) in [6.07, 6.45) is 7.52. The van der Waals surface area contributed by atoms with E-state index in [0.717, 1.165) is 44.4 Å². The molecule has 0 radical (unpaired) electrons. The molecule has 0 spiro atoms. The molecule has 7 nitrogen and oxygen atoms in total. The number of piperidine rings is 1. The molecule has 0 bridgehead atoms. The Morgan fingerprint density at radius 1 is 1.14 bits per heavy atom. The number of anilines is 1. The van der Waals surface area contributed by atoms with Crippen LogP contribution in [0.15, 0.2) is 6.20 Å². The summed E-state index contributed by atoms with van der Waals surface area (Å²) in [7, 11) is 3.55. The Kier molecular flexibility index (Phi) is 7.04. The summed E-state index contributed by atoms with van der Waals surface area (Å²) >= 11 is 7.23. The van der Waals surface area contributed by atoms with Crippen LogP contribution in [0.2, 0.25) is 4.34 Å². The van der Waals surface area contributed by atoms with Gasteiger partial charge in [0.05, 0.1) is 6.20 Å². The van der Waals surface area contributed by atoms with Gasteiger partial charge in [0.1, 0.15) is 4.34 Å². The molecule has 1 aliphatic carbocycles. The molecule has 1 N–H and O–H groups in total. The molecule has 1 aromatic heterocycles. The van der Waals surface area contributed by atoms with Gasteiger partial charge in [0.25, 0.3) is 0 Å². The number of hydrogen-bond donors (Lipinski definition) is 1. The monoisotopic (exact) mass is 427 g/mol. The first-order valence-corrected chi connectivity index (χ1v) is 11.2. The maximum atomic E-state index is 13.2. The molecule has 0 unspecified atom stereocenters. The van der Waals surface area contributed by atoms with Crippen LogP contribution < -0.4 is 5.32 Å². The Morgan fingerprint density at radius 2 is 1.75 bits per heavy atom. The Bertz CT molecular complexity index is 682. The van der Waals surface area contributed by atoms with Gasteiger partial charge in [-0.2, -0.15) is 0 Å². The average Bonchev–Trinajstić information content (AvgIpc) is 3.08. The van der Waals surface area contributed by atoms with Crippen LogP contribution in [-0.2, 0) is 0 Å². The van der Waals surface area contributed by atoms with Crippen molar-refractivity contribution in [1.82, 2.24) is 19.7 Å². The van der Waals surface area contributed by atoms with Gasteiger partial charge in [0.2, 0.25) is 0 Å². The van der Waals surface area contributed by atoms with E-state index in [4.69, 9.17) is 11.6 Å². The molecule has 1 saturated heterocycles. The van der Waals surface area contributed by atoms with E-state index in [1.165, 1.54) is 11.3 Å². The normalized spacial score (nSPS) is 23.4. The van der Waals surface area contributed by atoms with Gasteiger partial charge in [0.15, 0.2) is 5.13 Å². The summed E-state index contributed by atoms with van der Waals surface area (Å²) in [5.74, 6) is 0.721. The van der Waals surface area contributed by atoms with Crippen molar-refractivity contribution in [3.63, 3.8) is 0 Å². The number of aromatic nitrogens is 1. The predicted octanol–water partition coefficient (Wildman–Crippen LogP) is 4.36. The minimum atomic E-state index is -0.0945. The maximum Gasteiger partial charge on any atom is 0.324 e. The lowest BCUT2D eigenvalue weighted by Crippen LogP contribution is -2.55. The van der Waals surface area contributed by atoms with E-state index in [9.17, 15) is 9.59 Å². The molecule has 1 aliphatic heterocycles. The SMILES string of the molecule is CC1CCC(N(C(=O)Nc2ncc(Cl)s2)C2CCN(C(=O)N(C)C)CC2)CC1. The van der Waals surface area contributed by atoms with E-state index in [-0.39, 0.29) is 24.1 Å². The van der Waals surface area contributed by atoms with Crippen molar-refractivity contribution < 1.29 is 9.59 Å². The van der Waals surface area contributed by atoms with Crippen LogP contribution in [-0.4, -0.2) is 71.0 Å². The van der Waals surface area contributed by atoms with E-state index in [1.54, 1.807) is 25.2 Å². The van der Waals surface area contributed by atoms with Crippen LogP contribution in [0, 0.1) is 5.92 Å². The van der Waals surface area contributed by atoms with Crippen molar-refractivity contribution in [2.75, 3.05) is 32.5 Å². The Hall–Kier alpha value is -1.54. The van der Waals surface area contributed by atoms with Gasteiger partial charge >= 0.3 is 12.1 Å². The van der Waals surface area contributed by atoms with Gasteiger partial charge in [0, 0.05) is 39.3 Å². The summed E-state index contributed by atoms with van der Waals surface area (Å²) in [5, 5.41) is 3.47. The molecule has 1 aromatic rings. The first-order chi connectivity index (χ1) is 13.3. The van der Waals surface area contributed by atoms with Gasteiger partial charge < -0.3 is 14.7 Å². The number of nitrogens with one attached hydrogen (secondary N) is 1. The van der Waals surface area contributed by atoms with Crippen molar-refractivity contribution in [2.45, 2.75) is 57.5 Å². The lowest BCUT2D eigenvalue weighted by Gasteiger charge is -2.44. The van der Waals surface area contributed by atoms with E-state index >= 15 is 0 Å². The van der Waals surface area contributed by atoms with Crippen LogP contribution >= 0.6 is 22.9 Å². The molecule has 156 valence electrons. The quantitative estimate of drug-likeness (QED) is 0.779. The summed E-state index contributed by atoms with van der Waals surface area (Å²) in [6.45, 7) is 3.64. The standard InChI is InChI=1S/C19H30ClN5O2S/c1-13-4-6-14(7-5-13)25(18(26)22-17-21-12-16(20)28-17)15-8-10-24(11-9-15)19(27)23(2)3/h12-15H,4-11H2,1-3H3,(H,21,22,26). The largest absolute Gasteiger partial charge is 0.331 e. The van der Waals surface area contributed by atoms with Crippen LogP contribution in [0.1, 0.15) is 45.4 Å². The highest BCUT2D eigenvalue weighted by atomic mass is 35.5. The number of carbonyl (C=O) groups excluding carboxylic acids is 2. The number of nitrogens with zero attached hydrogens (tertiary/aromatic N) is 4. The zero-order valence-electron chi connectivity index (χ0n) is 16.9. The predicted molar refractivity (Wildman–Crippen MR) is 113 cm³/mol. The number of hydrogen-bond acceptors (Lipinski definition) is 4. The first kappa shape index (κ1) is 21.2. The molecule has 9 heteroatoms. The second-order valence-electron chi connectivity index (χ2n) is 8.12. The number of amides is 4. The number of rotatable bonds is 3. The van der Waals surface area contributed by atoms with E-state index in [1.807, 2.05) is 9.80 Å². The lowest BCUT2D eigenvalue weighted by atomic mass is 9.85. The van der Waals surface area contributed by atoms with E-state index in [2.05, 4.69) is 17.2 Å². The first-order valence-electron chi connectivity index (χ1n) is 10.0. The van der Waals surface area contributed by atoms with E-state index in [0.29, 0.717) is 22.6 Å². The lowest BCUT2D eigenvalue weighted by molar-refractivity contribution is 0.0842.